The number of ether oxygens (including phenoxy) is 4. The first-order valence-electron chi connectivity index (χ1n) is 11.4. The third kappa shape index (κ3) is 9.13. The fourth-order valence-corrected chi connectivity index (χ4v) is 3.75. The molecule has 0 aromatic heterocycles. The fraction of sp³-hybridized carbons (Fsp3) is 0.783. The van der Waals surface area contributed by atoms with Crippen LogP contribution in [-0.2, 0) is 23.7 Å². The van der Waals surface area contributed by atoms with Gasteiger partial charge in [-0.25, -0.2) is 0 Å². The highest BCUT2D eigenvalue weighted by molar-refractivity contribution is 5.89. The third-order valence-electron chi connectivity index (χ3n) is 5.56. The Bertz CT molecular complexity index is 664. The van der Waals surface area contributed by atoms with Crippen LogP contribution in [0.3, 0.4) is 0 Å². The maximum atomic E-state index is 12.2. The van der Waals surface area contributed by atoms with Crippen molar-refractivity contribution in [1.29, 1.82) is 0 Å². The molecule has 0 radical (unpaired) electrons. The fourth-order valence-electron chi connectivity index (χ4n) is 3.75. The Morgan fingerprint density at radius 3 is 2.52 bits per heavy atom. The van der Waals surface area contributed by atoms with E-state index >= 15 is 0 Å². The molecule has 8 nitrogen and oxygen atoms in total. The Labute approximate surface area is 185 Å². The van der Waals surface area contributed by atoms with Crippen LogP contribution in [0.25, 0.3) is 10.4 Å². The standard InChI is InChI=1S/C23H37N3O5/c1-4-23(28-16-17-29-23)15-11-9-7-5-6-8-10-12-19(27)13-14-21-20(25-26-24)18-30-22(2,3)31-21/h5,7,13-14,20-21H,4,6,8-12,15-18H2,1-3H3/b7-5+,14-13+/t20-,21+/m1/s1. The lowest BCUT2D eigenvalue weighted by atomic mass is 10.1. The summed E-state index contributed by atoms with van der Waals surface area (Å²) in [7, 11) is 0. The summed E-state index contributed by atoms with van der Waals surface area (Å²) in [6, 6.07) is -0.466. The second-order valence-electron chi connectivity index (χ2n) is 8.46. The quantitative estimate of drug-likeness (QED) is 0.0964. The highest BCUT2D eigenvalue weighted by Crippen LogP contribution is 2.29. The van der Waals surface area contributed by atoms with Crippen molar-refractivity contribution in [3.05, 3.63) is 34.7 Å². The average molecular weight is 436 g/mol. The molecule has 2 saturated heterocycles. The van der Waals surface area contributed by atoms with Gasteiger partial charge in [-0.3, -0.25) is 4.79 Å². The molecule has 174 valence electrons. The molecule has 8 heteroatoms. The van der Waals surface area contributed by atoms with E-state index in [1.165, 1.54) is 0 Å². The minimum atomic E-state index is -0.764. The third-order valence-corrected chi connectivity index (χ3v) is 5.56. The van der Waals surface area contributed by atoms with E-state index in [0.717, 1.165) is 44.9 Å². The van der Waals surface area contributed by atoms with E-state index in [-0.39, 0.29) is 18.2 Å². The first-order valence-corrected chi connectivity index (χ1v) is 11.4. The molecule has 0 N–H and O–H groups in total. The molecule has 0 bridgehead atoms. The van der Waals surface area contributed by atoms with Gasteiger partial charge >= 0.3 is 0 Å². The van der Waals surface area contributed by atoms with E-state index in [9.17, 15) is 4.79 Å². The van der Waals surface area contributed by atoms with E-state index in [2.05, 4.69) is 29.1 Å². The van der Waals surface area contributed by atoms with Crippen molar-refractivity contribution < 1.29 is 23.7 Å². The SMILES string of the molecule is CCC1(CCC/C=C/CCCCC(=O)/C=C/[C@@H]2OC(C)(C)OC[C@H]2N=[N+]=[N-])OCCO1. The molecule has 0 spiro atoms. The molecule has 2 atom stereocenters. The predicted octanol–water partition coefficient (Wildman–Crippen LogP) is 5.38. The number of carbonyl (C=O) groups excluding carboxylic acids is 1. The van der Waals surface area contributed by atoms with Crippen LogP contribution in [0, 0.1) is 0 Å². The van der Waals surface area contributed by atoms with E-state index in [1.807, 2.05) is 0 Å². The average Bonchev–Trinajstić information content (AvgIpc) is 3.22. The molecule has 31 heavy (non-hydrogen) atoms. The molecule has 0 aromatic rings. The number of rotatable bonds is 13. The van der Waals surface area contributed by atoms with Crippen LogP contribution >= 0.6 is 0 Å². The number of hydrogen-bond acceptors (Lipinski definition) is 6. The molecule has 2 aliphatic heterocycles. The van der Waals surface area contributed by atoms with E-state index in [4.69, 9.17) is 24.5 Å². The van der Waals surface area contributed by atoms with Crippen LogP contribution in [0.4, 0.5) is 0 Å². The number of hydrogen-bond donors (Lipinski definition) is 0. The number of azide groups is 1. The molecular weight excluding hydrogens is 398 g/mol. The molecule has 2 rings (SSSR count). The summed E-state index contributed by atoms with van der Waals surface area (Å²) < 4.78 is 22.8. The minimum absolute atomic E-state index is 0.0537. The Balaban J connectivity index is 1.58. The van der Waals surface area contributed by atoms with Crippen molar-refractivity contribution in [1.82, 2.24) is 0 Å². The van der Waals surface area contributed by atoms with E-state index in [1.54, 1.807) is 26.0 Å². The Morgan fingerprint density at radius 1 is 1.13 bits per heavy atom. The van der Waals surface area contributed by atoms with Gasteiger partial charge < -0.3 is 18.9 Å². The lowest BCUT2D eigenvalue weighted by Crippen LogP contribution is -2.46. The maximum Gasteiger partial charge on any atom is 0.168 e. The first kappa shape index (κ1) is 25.6. The zero-order chi connectivity index (χ0) is 22.6. The zero-order valence-electron chi connectivity index (χ0n) is 19.1. The number of carbonyl (C=O) groups is 1. The molecule has 0 aliphatic carbocycles. The van der Waals surface area contributed by atoms with Gasteiger partial charge in [0.2, 0.25) is 0 Å². The van der Waals surface area contributed by atoms with Crippen molar-refractivity contribution in [3.63, 3.8) is 0 Å². The van der Waals surface area contributed by atoms with Gasteiger partial charge in [0.25, 0.3) is 0 Å². The van der Waals surface area contributed by atoms with E-state index in [0.29, 0.717) is 19.6 Å². The van der Waals surface area contributed by atoms with Crippen LogP contribution in [0.2, 0.25) is 0 Å². The summed E-state index contributed by atoms with van der Waals surface area (Å²) in [5.41, 5.74) is 8.69. The highest BCUT2D eigenvalue weighted by atomic mass is 16.7. The molecule has 0 unspecified atom stereocenters. The smallest absolute Gasteiger partial charge is 0.168 e. The van der Waals surface area contributed by atoms with Crippen LogP contribution in [0.5, 0.6) is 0 Å². The van der Waals surface area contributed by atoms with Crippen molar-refractivity contribution in [3.8, 4) is 0 Å². The summed E-state index contributed by atoms with van der Waals surface area (Å²) in [5.74, 6) is -1.06. The summed E-state index contributed by atoms with van der Waals surface area (Å²) in [6.45, 7) is 7.37. The minimum Gasteiger partial charge on any atom is -0.350 e. The van der Waals surface area contributed by atoms with Gasteiger partial charge in [0.15, 0.2) is 17.4 Å². The summed E-state index contributed by atoms with van der Waals surface area (Å²) >= 11 is 0. The lowest BCUT2D eigenvalue weighted by Gasteiger charge is -2.38. The Morgan fingerprint density at radius 2 is 1.84 bits per heavy atom. The topological polar surface area (TPSA) is 103 Å². The van der Waals surface area contributed by atoms with Gasteiger partial charge in [0.1, 0.15) is 0 Å². The van der Waals surface area contributed by atoms with Gasteiger partial charge in [-0.15, -0.1) is 0 Å². The number of ketones is 1. The van der Waals surface area contributed by atoms with Crippen molar-refractivity contribution in [2.24, 2.45) is 5.11 Å². The molecule has 0 amide bonds. The highest BCUT2D eigenvalue weighted by Gasteiger charge is 2.35. The molecular formula is C23H37N3O5. The van der Waals surface area contributed by atoms with Crippen molar-refractivity contribution in [2.75, 3.05) is 19.8 Å². The Kier molecular flexibility index (Phi) is 10.7. The van der Waals surface area contributed by atoms with Crippen LogP contribution in [0.15, 0.2) is 29.4 Å². The van der Waals surface area contributed by atoms with E-state index < -0.39 is 17.9 Å². The van der Waals surface area contributed by atoms with Crippen molar-refractivity contribution in [2.45, 2.75) is 95.9 Å². The van der Waals surface area contributed by atoms with Crippen LogP contribution in [0.1, 0.15) is 72.1 Å². The van der Waals surface area contributed by atoms with Gasteiger partial charge in [-0.05, 0) is 64.0 Å². The van der Waals surface area contributed by atoms with Crippen LogP contribution < -0.4 is 0 Å². The molecule has 0 saturated carbocycles. The normalized spacial score (nSPS) is 25.1. The first-order chi connectivity index (χ1) is 14.9. The molecule has 2 heterocycles. The number of allylic oxidation sites excluding steroid dienone is 3. The lowest BCUT2D eigenvalue weighted by molar-refractivity contribution is -0.268. The van der Waals surface area contributed by atoms with Gasteiger partial charge in [0.05, 0.1) is 32.0 Å². The van der Waals surface area contributed by atoms with Crippen molar-refractivity contribution >= 4 is 5.78 Å². The van der Waals surface area contributed by atoms with Gasteiger partial charge in [-0.2, -0.15) is 0 Å². The number of unbranched alkanes of at least 4 members (excludes halogenated alkanes) is 3. The number of nitrogens with zero attached hydrogens (tertiary/aromatic N) is 3. The monoisotopic (exact) mass is 435 g/mol. The summed E-state index contributed by atoms with van der Waals surface area (Å²) in [5, 5.41) is 3.70. The van der Waals surface area contributed by atoms with Gasteiger partial charge in [0, 0.05) is 17.8 Å². The van der Waals surface area contributed by atoms with Crippen LogP contribution in [-0.4, -0.2) is 49.3 Å². The molecule has 0 aromatic carbocycles. The second kappa shape index (κ2) is 13.0. The maximum absolute atomic E-state index is 12.2. The second-order valence-corrected chi connectivity index (χ2v) is 8.46. The Hall–Kier alpha value is -1.70. The largest absolute Gasteiger partial charge is 0.350 e. The van der Waals surface area contributed by atoms with Gasteiger partial charge in [-0.1, -0.05) is 30.3 Å². The predicted molar refractivity (Wildman–Crippen MR) is 118 cm³/mol. The molecule has 2 fully saturated rings. The summed E-state index contributed by atoms with van der Waals surface area (Å²) in [6.07, 6.45) is 14.3. The summed E-state index contributed by atoms with van der Waals surface area (Å²) in [4.78, 5) is 15.0. The molecule has 2 aliphatic rings. The zero-order valence-corrected chi connectivity index (χ0v) is 19.1.